The molecule has 0 amide bonds. The van der Waals surface area contributed by atoms with Crippen LogP contribution in [-0.4, -0.2) is 45.3 Å². The van der Waals surface area contributed by atoms with Crippen molar-refractivity contribution in [3.8, 4) is 11.5 Å². The zero-order valence-corrected chi connectivity index (χ0v) is 15.1. The minimum atomic E-state index is 0.743. The number of aliphatic imine (C=N–C) groups is 1. The number of guanidine groups is 1. The maximum atomic E-state index is 5.41. The van der Waals surface area contributed by atoms with E-state index in [0.717, 1.165) is 54.6 Å². The van der Waals surface area contributed by atoms with Crippen molar-refractivity contribution in [1.29, 1.82) is 0 Å². The third-order valence-electron chi connectivity index (χ3n) is 3.80. The number of methoxy groups -OCH3 is 2. The van der Waals surface area contributed by atoms with E-state index in [1.54, 1.807) is 21.3 Å². The normalized spacial score (nSPS) is 11.1. The number of benzene rings is 1. The van der Waals surface area contributed by atoms with Crippen molar-refractivity contribution >= 4 is 5.96 Å². The zero-order valence-electron chi connectivity index (χ0n) is 15.1. The highest BCUT2D eigenvalue weighted by atomic mass is 16.5. The second kappa shape index (κ2) is 10.2. The number of aromatic nitrogens is 1. The van der Waals surface area contributed by atoms with E-state index in [0.29, 0.717) is 0 Å². The van der Waals surface area contributed by atoms with Crippen LogP contribution in [0, 0.1) is 0 Å². The van der Waals surface area contributed by atoms with E-state index in [2.05, 4.69) is 20.6 Å². The molecule has 2 N–H and O–H groups in total. The summed E-state index contributed by atoms with van der Waals surface area (Å²) in [6, 6.07) is 11.8. The molecule has 2 aromatic rings. The lowest BCUT2D eigenvalue weighted by molar-refractivity contribution is 0.398. The van der Waals surface area contributed by atoms with Crippen LogP contribution in [-0.2, 0) is 12.8 Å². The van der Waals surface area contributed by atoms with Gasteiger partial charge in [-0.25, -0.2) is 0 Å². The first-order valence-corrected chi connectivity index (χ1v) is 8.32. The first-order chi connectivity index (χ1) is 12.3. The molecule has 1 heterocycles. The van der Waals surface area contributed by atoms with Crippen LogP contribution >= 0.6 is 0 Å². The molecule has 0 aliphatic heterocycles. The van der Waals surface area contributed by atoms with Gasteiger partial charge in [-0.3, -0.25) is 9.98 Å². The molecule has 0 saturated carbocycles. The molecule has 0 aliphatic rings. The molecule has 2 rings (SSSR count). The Labute approximate surface area is 149 Å². The van der Waals surface area contributed by atoms with E-state index in [-0.39, 0.29) is 0 Å². The van der Waals surface area contributed by atoms with Crippen LogP contribution in [0.4, 0.5) is 0 Å². The third kappa shape index (κ3) is 5.99. The highest BCUT2D eigenvalue weighted by Crippen LogP contribution is 2.24. The number of nitrogens with one attached hydrogen (secondary N) is 2. The highest BCUT2D eigenvalue weighted by Gasteiger charge is 2.06. The first-order valence-electron chi connectivity index (χ1n) is 8.32. The van der Waals surface area contributed by atoms with Crippen molar-refractivity contribution in [2.45, 2.75) is 12.8 Å². The van der Waals surface area contributed by atoms with Gasteiger partial charge < -0.3 is 20.1 Å². The Morgan fingerprint density at radius 2 is 1.84 bits per heavy atom. The number of hydrogen-bond acceptors (Lipinski definition) is 4. The first kappa shape index (κ1) is 18.6. The smallest absolute Gasteiger partial charge is 0.190 e. The van der Waals surface area contributed by atoms with E-state index >= 15 is 0 Å². The number of hydrogen-bond donors (Lipinski definition) is 2. The molecule has 0 unspecified atom stereocenters. The fraction of sp³-hybridized carbons (Fsp3) is 0.368. The van der Waals surface area contributed by atoms with Gasteiger partial charge in [0, 0.05) is 38.4 Å². The van der Waals surface area contributed by atoms with Crippen molar-refractivity contribution < 1.29 is 9.47 Å². The standard InChI is InChI=1S/C19H26N4O2/c1-20-19(23-13-10-16-6-4-5-11-21-16)22-12-9-15-14-17(24-2)7-8-18(15)25-3/h4-8,11,14H,9-10,12-13H2,1-3H3,(H2,20,22,23). The minimum Gasteiger partial charge on any atom is -0.497 e. The fourth-order valence-electron chi connectivity index (χ4n) is 2.47. The average Bonchev–Trinajstić information content (AvgIpc) is 2.67. The van der Waals surface area contributed by atoms with Gasteiger partial charge >= 0.3 is 0 Å². The SMILES string of the molecule is CN=C(NCCc1ccccn1)NCCc1cc(OC)ccc1OC. The molecule has 134 valence electrons. The molecule has 1 aromatic heterocycles. The summed E-state index contributed by atoms with van der Waals surface area (Å²) in [7, 11) is 5.11. The lowest BCUT2D eigenvalue weighted by Gasteiger charge is -2.13. The van der Waals surface area contributed by atoms with Crippen molar-refractivity contribution in [2.75, 3.05) is 34.4 Å². The molecular formula is C19H26N4O2. The molecule has 0 atom stereocenters. The van der Waals surface area contributed by atoms with Crippen LogP contribution in [0.3, 0.4) is 0 Å². The summed E-state index contributed by atoms with van der Waals surface area (Å²) >= 11 is 0. The Kier molecular flexibility index (Phi) is 7.56. The summed E-state index contributed by atoms with van der Waals surface area (Å²) in [4.78, 5) is 8.56. The quantitative estimate of drug-likeness (QED) is 0.568. The number of ether oxygens (including phenoxy) is 2. The molecule has 6 nitrogen and oxygen atoms in total. The zero-order chi connectivity index (χ0) is 17.9. The Morgan fingerprint density at radius 3 is 2.48 bits per heavy atom. The van der Waals surface area contributed by atoms with Gasteiger partial charge in [-0.2, -0.15) is 0 Å². The van der Waals surface area contributed by atoms with Crippen LogP contribution in [0.5, 0.6) is 11.5 Å². The Hall–Kier alpha value is -2.76. The molecule has 0 bridgehead atoms. The molecule has 0 fully saturated rings. The van der Waals surface area contributed by atoms with Gasteiger partial charge in [0.05, 0.1) is 14.2 Å². The summed E-state index contributed by atoms with van der Waals surface area (Å²) in [6.45, 7) is 1.52. The third-order valence-corrected chi connectivity index (χ3v) is 3.80. The Balaban J connectivity index is 1.79. The Bertz CT molecular complexity index is 674. The topological polar surface area (TPSA) is 67.8 Å². The number of pyridine rings is 1. The summed E-state index contributed by atoms with van der Waals surface area (Å²) in [6.07, 6.45) is 3.47. The predicted molar refractivity (Wildman–Crippen MR) is 101 cm³/mol. The lowest BCUT2D eigenvalue weighted by atomic mass is 10.1. The van der Waals surface area contributed by atoms with Gasteiger partial charge in [-0.05, 0) is 42.3 Å². The van der Waals surface area contributed by atoms with Gasteiger partial charge in [0.2, 0.25) is 0 Å². The fourth-order valence-corrected chi connectivity index (χ4v) is 2.47. The van der Waals surface area contributed by atoms with E-state index in [9.17, 15) is 0 Å². The van der Waals surface area contributed by atoms with E-state index in [1.165, 1.54) is 0 Å². The van der Waals surface area contributed by atoms with Gasteiger partial charge in [0.15, 0.2) is 5.96 Å². The van der Waals surface area contributed by atoms with Gasteiger partial charge in [0.25, 0.3) is 0 Å². The molecule has 0 radical (unpaired) electrons. The van der Waals surface area contributed by atoms with Crippen LogP contribution in [0.2, 0.25) is 0 Å². The maximum Gasteiger partial charge on any atom is 0.190 e. The van der Waals surface area contributed by atoms with Crippen LogP contribution < -0.4 is 20.1 Å². The summed E-state index contributed by atoms with van der Waals surface area (Å²) < 4.78 is 10.7. The number of nitrogens with zero attached hydrogens (tertiary/aromatic N) is 2. The van der Waals surface area contributed by atoms with Gasteiger partial charge in [-0.15, -0.1) is 0 Å². The predicted octanol–water partition coefficient (Wildman–Crippen LogP) is 2.05. The van der Waals surface area contributed by atoms with Gasteiger partial charge in [-0.1, -0.05) is 6.07 Å². The van der Waals surface area contributed by atoms with Crippen LogP contribution in [0.25, 0.3) is 0 Å². The lowest BCUT2D eigenvalue weighted by Crippen LogP contribution is -2.39. The molecule has 6 heteroatoms. The van der Waals surface area contributed by atoms with Gasteiger partial charge in [0.1, 0.15) is 11.5 Å². The molecule has 0 spiro atoms. The molecule has 0 saturated heterocycles. The monoisotopic (exact) mass is 342 g/mol. The van der Waals surface area contributed by atoms with Crippen molar-refractivity contribution in [3.63, 3.8) is 0 Å². The summed E-state index contributed by atoms with van der Waals surface area (Å²) in [5, 5.41) is 6.61. The largest absolute Gasteiger partial charge is 0.497 e. The van der Waals surface area contributed by atoms with Crippen molar-refractivity contribution in [1.82, 2.24) is 15.6 Å². The maximum absolute atomic E-state index is 5.41. The minimum absolute atomic E-state index is 0.743. The van der Waals surface area contributed by atoms with Crippen LogP contribution in [0.1, 0.15) is 11.3 Å². The van der Waals surface area contributed by atoms with E-state index in [4.69, 9.17) is 9.47 Å². The Morgan fingerprint density at radius 1 is 1.04 bits per heavy atom. The average molecular weight is 342 g/mol. The number of rotatable bonds is 8. The molecule has 0 aliphatic carbocycles. The highest BCUT2D eigenvalue weighted by molar-refractivity contribution is 5.79. The van der Waals surface area contributed by atoms with Crippen molar-refractivity contribution in [3.05, 3.63) is 53.9 Å². The van der Waals surface area contributed by atoms with E-state index in [1.807, 2.05) is 42.6 Å². The van der Waals surface area contributed by atoms with Crippen molar-refractivity contribution in [2.24, 2.45) is 4.99 Å². The second-order valence-corrected chi connectivity index (χ2v) is 5.42. The van der Waals surface area contributed by atoms with E-state index < -0.39 is 0 Å². The molecule has 25 heavy (non-hydrogen) atoms. The molecule has 1 aromatic carbocycles. The summed E-state index contributed by atoms with van der Waals surface area (Å²) in [5.41, 5.74) is 2.16. The summed E-state index contributed by atoms with van der Waals surface area (Å²) in [5.74, 6) is 2.46. The second-order valence-electron chi connectivity index (χ2n) is 5.42. The molecular weight excluding hydrogens is 316 g/mol. The van der Waals surface area contributed by atoms with Crippen LogP contribution in [0.15, 0.2) is 47.6 Å².